The Kier molecular flexibility index (Phi) is 6.74. The molecule has 0 N–H and O–H groups in total. The first-order valence-corrected chi connectivity index (χ1v) is 7.79. The summed E-state index contributed by atoms with van der Waals surface area (Å²) in [6.45, 7) is 0.298. The molecule has 0 aliphatic carbocycles. The average Bonchev–Trinajstić information content (AvgIpc) is 2.58. The Morgan fingerprint density at radius 2 is 1.92 bits per heavy atom. The van der Waals surface area contributed by atoms with Gasteiger partial charge in [-0.2, -0.15) is 0 Å². The molecule has 0 heterocycles. The highest BCUT2D eigenvalue weighted by atomic mass is 35.5. The van der Waals surface area contributed by atoms with E-state index in [2.05, 4.69) is 5.92 Å². The Labute approximate surface area is 150 Å². The van der Waals surface area contributed by atoms with E-state index in [4.69, 9.17) is 39.1 Å². The van der Waals surface area contributed by atoms with Gasteiger partial charge in [-0.3, -0.25) is 0 Å². The lowest BCUT2D eigenvalue weighted by Gasteiger charge is -2.08. The van der Waals surface area contributed by atoms with Crippen molar-refractivity contribution in [3.05, 3.63) is 69.7 Å². The van der Waals surface area contributed by atoms with E-state index < -0.39 is 5.97 Å². The van der Waals surface area contributed by atoms with Gasteiger partial charge in [0, 0.05) is 21.7 Å². The van der Waals surface area contributed by atoms with Gasteiger partial charge in [0.05, 0.1) is 0 Å². The number of terminal acetylenes is 1. The van der Waals surface area contributed by atoms with Gasteiger partial charge in [0.25, 0.3) is 0 Å². The Morgan fingerprint density at radius 3 is 2.58 bits per heavy atom. The maximum Gasteiger partial charge on any atom is 0.331 e. The molecule has 0 amide bonds. The fourth-order valence-corrected chi connectivity index (χ4v) is 2.26. The minimum Gasteiger partial charge on any atom is -0.489 e. The van der Waals surface area contributed by atoms with Gasteiger partial charge in [0.1, 0.15) is 12.4 Å². The number of rotatable bonds is 6. The maximum atomic E-state index is 11.3. The van der Waals surface area contributed by atoms with Crippen molar-refractivity contribution < 1.29 is 14.3 Å². The van der Waals surface area contributed by atoms with Crippen molar-refractivity contribution in [3.8, 4) is 18.1 Å². The number of hydrogen-bond acceptors (Lipinski definition) is 3. The number of ether oxygens (including phenoxy) is 2. The third kappa shape index (κ3) is 5.66. The number of benzene rings is 2. The molecule has 0 radical (unpaired) electrons. The molecule has 0 aromatic heterocycles. The van der Waals surface area contributed by atoms with Crippen LogP contribution in [0.1, 0.15) is 11.1 Å². The first-order valence-electron chi connectivity index (χ1n) is 7.03. The van der Waals surface area contributed by atoms with E-state index >= 15 is 0 Å². The predicted molar refractivity (Wildman–Crippen MR) is 96.1 cm³/mol. The number of carbonyl (C=O) groups is 1. The molecule has 0 unspecified atom stereocenters. The molecular weight excluding hydrogens is 347 g/mol. The molecule has 122 valence electrons. The zero-order chi connectivity index (χ0) is 17.4. The molecule has 0 aliphatic heterocycles. The van der Waals surface area contributed by atoms with Crippen LogP contribution in [-0.4, -0.2) is 12.6 Å². The van der Waals surface area contributed by atoms with E-state index in [1.165, 1.54) is 6.08 Å². The molecule has 24 heavy (non-hydrogen) atoms. The van der Waals surface area contributed by atoms with Crippen molar-refractivity contribution in [1.82, 2.24) is 0 Å². The van der Waals surface area contributed by atoms with Crippen LogP contribution in [0.3, 0.4) is 0 Å². The summed E-state index contributed by atoms with van der Waals surface area (Å²) in [6, 6.07) is 12.5. The highest BCUT2D eigenvalue weighted by Crippen LogP contribution is 2.23. The molecule has 0 bridgehead atoms. The van der Waals surface area contributed by atoms with Crippen molar-refractivity contribution in [2.24, 2.45) is 0 Å². The van der Waals surface area contributed by atoms with Crippen LogP contribution in [0.15, 0.2) is 48.5 Å². The van der Waals surface area contributed by atoms with Crippen molar-refractivity contribution in [2.45, 2.75) is 6.61 Å². The lowest BCUT2D eigenvalue weighted by atomic mass is 10.2. The molecule has 2 aromatic carbocycles. The zero-order valence-electron chi connectivity index (χ0n) is 12.7. The molecule has 0 spiro atoms. The first kappa shape index (κ1) is 17.9. The molecular formula is C19H14Cl2O3. The summed E-state index contributed by atoms with van der Waals surface area (Å²) in [5.41, 5.74) is 1.69. The summed E-state index contributed by atoms with van der Waals surface area (Å²) in [5, 5.41) is 1.15. The van der Waals surface area contributed by atoms with Crippen molar-refractivity contribution >= 4 is 35.2 Å². The minimum absolute atomic E-state index is 0.0385. The van der Waals surface area contributed by atoms with Crippen LogP contribution >= 0.6 is 23.2 Å². The fraction of sp³-hybridized carbons (Fsp3) is 0.105. The number of carbonyl (C=O) groups excluding carboxylic acids is 1. The van der Waals surface area contributed by atoms with Gasteiger partial charge >= 0.3 is 5.97 Å². The zero-order valence-corrected chi connectivity index (χ0v) is 14.2. The van der Waals surface area contributed by atoms with Gasteiger partial charge in [0.2, 0.25) is 0 Å². The third-order valence-corrected chi connectivity index (χ3v) is 3.59. The number of esters is 1. The Morgan fingerprint density at radius 1 is 1.17 bits per heavy atom. The standard InChI is InChI=1S/C19H14Cl2O3/c1-2-11-23-19(22)10-5-14-3-8-17(9-4-14)24-13-15-6-7-16(20)12-18(15)21/h1,3-10,12H,11,13H2/b10-5+. The highest BCUT2D eigenvalue weighted by Gasteiger charge is 2.03. The van der Waals surface area contributed by atoms with Crippen LogP contribution in [0.25, 0.3) is 6.08 Å². The molecule has 0 saturated heterocycles. The van der Waals surface area contributed by atoms with E-state index in [9.17, 15) is 4.79 Å². The summed E-state index contributed by atoms with van der Waals surface area (Å²) < 4.78 is 10.4. The normalized spacial score (nSPS) is 10.4. The van der Waals surface area contributed by atoms with Crippen LogP contribution in [0.2, 0.25) is 10.0 Å². The largest absolute Gasteiger partial charge is 0.489 e. The minimum atomic E-state index is -0.481. The van der Waals surface area contributed by atoms with E-state index in [0.717, 1.165) is 11.1 Å². The second-order valence-corrected chi connectivity index (χ2v) is 5.58. The van der Waals surface area contributed by atoms with Crippen LogP contribution < -0.4 is 4.74 Å². The quantitative estimate of drug-likeness (QED) is 0.423. The Hall–Kier alpha value is -2.41. The summed E-state index contributed by atoms with van der Waals surface area (Å²) >= 11 is 12.0. The molecule has 2 rings (SSSR count). The lowest BCUT2D eigenvalue weighted by Crippen LogP contribution is -1.99. The van der Waals surface area contributed by atoms with Gasteiger partial charge in [-0.15, -0.1) is 6.42 Å². The van der Waals surface area contributed by atoms with E-state index in [1.54, 1.807) is 30.3 Å². The Balaban J connectivity index is 1.91. The molecule has 3 nitrogen and oxygen atoms in total. The van der Waals surface area contributed by atoms with Crippen LogP contribution in [0.5, 0.6) is 5.75 Å². The molecule has 2 aromatic rings. The first-order chi connectivity index (χ1) is 11.6. The number of hydrogen-bond donors (Lipinski definition) is 0. The van der Waals surface area contributed by atoms with Gasteiger partial charge in [-0.25, -0.2) is 4.79 Å². The van der Waals surface area contributed by atoms with Crippen molar-refractivity contribution in [2.75, 3.05) is 6.61 Å². The monoisotopic (exact) mass is 360 g/mol. The summed E-state index contributed by atoms with van der Waals surface area (Å²) in [7, 11) is 0. The van der Waals surface area contributed by atoms with Gasteiger partial charge in [-0.05, 0) is 35.9 Å². The average molecular weight is 361 g/mol. The summed E-state index contributed by atoms with van der Waals surface area (Å²) in [5.74, 6) is 2.44. The lowest BCUT2D eigenvalue weighted by molar-refractivity contribution is -0.136. The van der Waals surface area contributed by atoms with Crippen molar-refractivity contribution in [1.29, 1.82) is 0 Å². The number of halogens is 2. The molecule has 0 fully saturated rings. The topological polar surface area (TPSA) is 35.5 Å². The predicted octanol–water partition coefficient (Wildman–Crippen LogP) is 4.76. The van der Waals surface area contributed by atoms with Crippen LogP contribution in [-0.2, 0) is 16.1 Å². The van der Waals surface area contributed by atoms with E-state index in [1.807, 2.05) is 18.2 Å². The van der Waals surface area contributed by atoms with Gasteiger partial charge in [-0.1, -0.05) is 47.3 Å². The van der Waals surface area contributed by atoms with Gasteiger partial charge in [0.15, 0.2) is 6.61 Å². The highest BCUT2D eigenvalue weighted by molar-refractivity contribution is 6.35. The van der Waals surface area contributed by atoms with Crippen molar-refractivity contribution in [3.63, 3.8) is 0 Å². The molecule has 0 aliphatic rings. The second kappa shape index (κ2) is 9.02. The molecule has 0 saturated carbocycles. The summed E-state index contributed by atoms with van der Waals surface area (Å²) in [4.78, 5) is 11.3. The fourth-order valence-electron chi connectivity index (χ4n) is 1.80. The maximum absolute atomic E-state index is 11.3. The second-order valence-electron chi connectivity index (χ2n) is 4.74. The van der Waals surface area contributed by atoms with E-state index in [0.29, 0.717) is 22.4 Å². The molecule has 0 atom stereocenters. The van der Waals surface area contributed by atoms with Crippen LogP contribution in [0, 0.1) is 12.3 Å². The van der Waals surface area contributed by atoms with Crippen LogP contribution in [0.4, 0.5) is 0 Å². The van der Waals surface area contributed by atoms with Gasteiger partial charge < -0.3 is 9.47 Å². The summed E-state index contributed by atoms with van der Waals surface area (Å²) in [6.07, 6.45) is 7.97. The molecule has 5 heteroatoms. The third-order valence-electron chi connectivity index (χ3n) is 3.00. The smallest absolute Gasteiger partial charge is 0.331 e. The SMILES string of the molecule is C#CCOC(=O)/C=C/c1ccc(OCc2ccc(Cl)cc2Cl)cc1. The Bertz CT molecular complexity index is 774. The van der Waals surface area contributed by atoms with E-state index in [-0.39, 0.29) is 6.61 Å².